The Morgan fingerprint density at radius 3 is 2.86 bits per heavy atom. The zero-order valence-electron chi connectivity index (χ0n) is 11.7. The highest BCUT2D eigenvalue weighted by Gasteiger charge is 2.49. The van der Waals surface area contributed by atoms with Gasteiger partial charge in [-0.2, -0.15) is 0 Å². The molecule has 1 aliphatic heterocycles. The maximum atomic E-state index is 12.5. The number of benzene rings is 1. The molecule has 1 saturated carbocycles. The monoisotopic (exact) mass is 399 g/mol. The fraction of sp³-hybridized carbons (Fsp3) is 0.500. The summed E-state index contributed by atoms with van der Waals surface area (Å²) in [7, 11) is 0. The first-order valence-electron chi connectivity index (χ1n) is 7.33. The fourth-order valence-electron chi connectivity index (χ4n) is 3.80. The molecule has 1 saturated heterocycles. The van der Waals surface area contributed by atoms with Crippen molar-refractivity contribution in [1.29, 1.82) is 0 Å². The topological polar surface area (TPSA) is 57.6 Å². The standard InChI is InChI=1S/C16H18INO3/c17-12-5-1-3-10(7-12)8-14(19)18-9-11-4-2-6-13(11)15(18)16(20)21/h1,3,5,7,11,13,15H,2,4,6,8-9H2,(H,20,21). The molecule has 0 aromatic heterocycles. The number of hydrogen-bond donors (Lipinski definition) is 1. The largest absolute Gasteiger partial charge is 0.480 e. The summed E-state index contributed by atoms with van der Waals surface area (Å²) in [4.78, 5) is 25.7. The van der Waals surface area contributed by atoms with Gasteiger partial charge in [-0.05, 0) is 65.0 Å². The highest BCUT2D eigenvalue weighted by Crippen LogP contribution is 2.42. The molecule has 3 unspecified atom stereocenters. The molecule has 5 heteroatoms. The van der Waals surface area contributed by atoms with Crippen LogP contribution in [0.4, 0.5) is 0 Å². The molecule has 0 spiro atoms. The van der Waals surface area contributed by atoms with E-state index in [0.29, 0.717) is 18.9 Å². The molecule has 0 radical (unpaired) electrons. The van der Waals surface area contributed by atoms with Crippen molar-refractivity contribution >= 4 is 34.5 Å². The minimum absolute atomic E-state index is 0.0567. The number of hydrogen-bond acceptors (Lipinski definition) is 2. The normalized spacial score (nSPS) is 27.7. The maximum Gasteiger partial charge on any atom is 0.326 e. The van der Waals surface area contributed by atoms with Gasteiger partial charge in [0.15, 0.2) is 0 Å². The summed E-state index contributed by atoms with van der Waals surface area (Å²) in [6.45, 7) is 0.615. The number of rotatable bonds is 3. The second-order valence-electron chi connectivity index (χ2n) is 5.99. The van der Waals surface area contributed by atoms with Crippen molar-refractivity contribution in [3.63, 3.8) is 0 Å². The third-order valence-corrected chi connectivity index (χ3v) is 5.38. The first-order chi connectivity index (χ1) is 10.1. The molecular formula is C16H18INO3. The molecule has 2 aliphatic rings. The lowest BCUT2D eigenvalue weighted by Crippen LogP contribution is -2.43. The first kappa shape index (κ1) is 14.8. The van der Waals surface area contributed by atoms with Gasteiger partial charge < -0.3 is 10.0 Å². The van der Waals surface area contributed by atoms with E-state index in [0.717, 1.165) is 28.4 Å². The van der Waals surface area contributed by atoms with Crippen LogP contribution in [-0.2, 0) is 16.0 Å². The Labute approximate surface area is 137 Å². The van der Waals surface area contributed by atoms with E-state index < -0.39 is 12.0 Å². The minimum Gasteiger partial charge on any atom is -0.480 e. The fourth-order valence-corrected chi connectivity index (χ4v) is 4.41. The molecule has 1 aromatic rings. The number of fused-ring (bicyclic) bond motifs is 1. The van der Waals surface area contributed by atoms with E-state index in [2.05, 4.69) is 22.6 Å². The van der Waals surface area contributed by atoms with Crippen molar-refractivity contribution in [2.24, 2.45) is 11.8 Å². The Kier molecular flexibility index (Phi) is 4.19. The minimum atomic E-state index is -0.847. The number of nitrogens with zero attached hydrogens (tertiary/aromatic N) is 1. The zero-order valence-corrected chi connectivity index (χ0v) is 13.8. The van der Waals surface area contributed by atoms with E-state index in [-0.39, 0.29) is 11.8 Å². The third-order valence-electron chi connectivity index (χ3n) is 4.71. The second kappa shape index (κ2) is 5.94. The van der Waals surface area contributed by atoms with Gasteiger partial charge in [-0.15, -0.1) is 0 Å². The zero-order chi connectivity index (χ0) is 15.0. The molecule has 21 heavy (non-hydrogen) atoms. The third kappa shape index (κ3) is 2.93. The molecule has 1 heterocycles. The number of carbonyl (C=O) groups excluding carboxylic acids is 1. The molecule has 2 fully saturated rings. The summed E-state index contributed by atoms with van der Waals surface area (Å²) in [5, 5.41) is 9.49. The number of aliphatic carboxylic acids is 1. The van der Waals surface area contributed by atoms with Crippen LogP contribution in [0.2, 0.25) is 0 Å². The van der Waals surface area contributed by atoms with Crippen LogP contribution in [0.1, 0.15) is 24.8 Å². The van der Waals surface area contributed by atoms with E-state index in [1.54, 1.807) is 4.90 Å². The van der Waals surface area contributed by atoms with Crippen molar-refractivity contribution in [2.45, 2.75) is 31.7 Å². The number of halogens is 1. The predicted octanol–water partition coefficient (Wildman–Crippen LogP) is 2.55. The number of carbonyl (C=O) groups is 2. The summed E-state index contributed by atoms with van der Waals surface area (Å²) in [5.74, 6) is -0.368. The van der Waals surface area contributed by atoms with Crippen LogP contribution in [0.15, 0.2) is 24.3 Å². The van der Waals surface area contributed by atoms with Gasteiger partial charge in [0.25, 0.3) is 0 Å². The lowest BCUT2D eigenvalue weighted by atomic mass is 9.94. The average molecular weight is 399 g/mol. The van der Waals surface area contributed by atoms with Gasteiger partial charge in [0.2, 0.25) is 5.91 Å². The molecular weight excluding hydrogens is 381 g/mol. The summed E-state index contributed by atoms with van der Waals surface area (Å²) >= 11 is 2.22. The van der Waals surface area contributed by atoms with Gasteiger partial charge in [-0.1, -0.05) is 18.6 Å². The molecule has 4 nitrogen and oxygen atoms in total. The van der Waals surface area contributed by atoms with E-state index in [1.807, 2.05) is 24.3 Å². The van der Waals surface area contributed by atoms with Crippen molar-refractivity contribution in [3.05, 3.63) is 33.4 Å². The van der Waals surface area contributed by atoms with E-state index >= 15 is 0 Å². The van der Waals surface area contributed by atoms with Crippen LogP contribution in [0.3, 0.4) is 0 Å². The number of carboxylic acid groups (broad SMARTS) is 1. The van der Waals surface area contributed by atoms with E-state index in [1.165, 1.54) is 0 Å². The summed E-state index contributed by atoms with van der Waals surface area (Å²) in [5.41, 5.74) is 0.952. The maximum absolute atomic E-state index is 12.5. The average Bonchev–Trinajstić information content (AvgIpc) is 2.97. The second-order valence-corrected chi connectivity index (χ2v) is 7.24. The van der Waals surface area contributed by atoms with Gasteiger partial charge in [0, 0.05) is 10.1 Å². The van der Waals surface area contributed by atoms with Gasteiger partial charge in [-0.3, -0.25) is 4.79 Å². The quantitative estimate of drug-likeness (QED) is 0.795. The smallest absolute Gasteiger partial charge is 0.326 e. The van der Waals surface area contributed by atoms with Crippen molar-refractivity contribution in [1.82, 2.24) is 4.90 Å². The number of likely N-dealkylation sites (tertiary alicyclic amines) is 1. The SMILES string of the molecule is O=C(O)C1C2CCCC2CN1C(=O)Cc1cccc(I)c1. The van der Waals surface area contributed by atoms with Crippen LogP contribution in [0.5, 0.6) is 0 Å². The highest BCUT2D eigenvalue weighted by atomic mass is 127. The molecule has 1 amide bonds. The highest BCUT2D eigenvalue weighted by molar-refractivity contribution is 14.1. The summed E-state index contributed by atoms with van der Waals surface area (Å²) in [6, 6.07) is 7.19. The summed E-state index contributed by atoms with van der Waals surface area (Å²) in [6.07, 6.45) is 3.38. The van der Waals surface area contributed by atoms with Crippen LogP contribution >= 0.6 is 22.6 Å². The predicted molar refractivity (Wildman–Crippen MR) is 86.8 cm³/mol. The molecule has 3 rings (SSSR count). The van der Waals surface area contributed by atoms with Gasteiger partial charge in [0.1, 0.15) is 6.04 Å². The first-order valence-corrected chi connectivity index (χ1v) is 8.41. The number of amides is 1. The van der Waals surface area contributed by atoms with Crippen molar-refractivity contribution < 1.29 is 14.7 Å². The Morgan fingerprint density at radius 1 is 1.33 bits per heavy atom. The van der Waals surface area contributed by atoms with Gasteiger partial charge in [0.05, 0.1) is 6.42 Å². The van der Waals surface area contributed by atoms with Crippen molar-refractivity contribution in [2.75, 3.05) is 6.54 Å². The Hall–Kier alpha value is -1.11. The van der Waals surface area contributed by atoms with Crippen LogP contribution in [-0.4, -0.2) is 34.5 Å². The molecule has 1 aliphatic carbocycles. The Morgan fingerprint density at radius 2 is 2.14 bits per heavy atom. The molecule has 112 valence electrons. The van der Waals surface area contributed by atoms with Crippen LogP contribution in [0, 0.1) is 15.4 Å². The van der Waals surface area contributed by atoms with Gasteiger partial charge >= 0.3 is 5.97 Å². The van der Waals surface area contributed by atoms with Crippen LogP contribution in [0.25, 0.3) is 0 Å². The Balaban J connectivity index is 1.76. The van der Waals surface area contributed by atoms with E-state index in [9.17, 15) is 14.7 Å². The Bertz CT molecular complexity index is 574. The lowest BCUT2D eigenvalue weighted by Gasteiger charge is -2.24. The van der Waals surface area contributed by atoms with Crippen LogP contribution < -0.4 is 0 Å². The van der Waals surface area contributed by atoms with Gasteiger partial charge in [-0.25, -0.2) is 4.79 Å². The van der Waals surface area contributed by atoms with Crippen molar-refractivity contribution in [3.8, 4) is 0 Å². The molecule has 0 bridgehead atoms. The lowest BCUT2D eigenvalue weighted by molar-refractivity contribution is -0.149. The van der Waals surface area contributed by atoms with E-state index in [4.69, 9.17) is 0 Å². The summed E-state index contributed by atoms with van der Waals surface area (Å²) < 4.78 is 1.09. The number of carboxylic acids is 1. The molecule has 3 atom stereocenters. The molecule has 1 aromatic carbocycles. The molecule has 1 N–H and O–H groups in total.